The number of hydrogen-bond donors (Lipinski definition) is 3. The summed E-state index contributed by atoms with van der Waals surface area (Å²) in [5, 5.41) is 4.82. The van der Waals surface area contributed by atoms with Gasteiger partial charge in [0.15, 0.2) is 0 Å². The molecule has 0 aromatic rings. The van der Waals surface area contributed by atoms with E-state index in [4.69, 9.17) is 10.5 Å². The molecule has 1 fully saturated rings. The Kier molecular flexibility index (Phi) is 9.49. The lowest BCUT2D eigenvalue weighted by Gasteiger charge is -2.37. The van der Waals surface area contributed by atoms with E-state index in [-0.39, 0.29) is 37.0 Å². The smallest absolute Gasteiger partial charge is 0.321 e. The van der Waals surface area contributed by atoms with Crippen LogP contribution in [0.1, 0.15) is 19.8 Å². The van der Waals surface area contributed by atoms with Gasteiger partial charge in [-0.2, -0.15) is 0 Å². The molecule has 1 aliphatic rings. The quantitative estimate of drug-likeness (QED) is 0.647. The van der Waals surface area contributed by atoms with Gasteiger partial charge in [-0.25, -0.2) is 4.79 Å². The van der Waals surface area contributed by atoms with Gasteiger partial charge in [0, 0.05) is 32.8 Å². The van der Waals surface area contributed by atoms with Crippen LogP contribution in [0, 0.1) is 0 Å². The van der Waals surface area contributed by atoms with Gasteiger partial charge in [-0.1, -0.05) is 0 Å². The minimum absolute atomic E-state index is 0. The standard InChI is InChI=1S/C12H24N4O3.ClH/c1-3-14-12(18)15-11(17)8-16-5-4-10(19-2)6-9(16)7-13;/h9-10H,3-8,13H2,1-2H3,(H2,14,15,17,18);1H. The summed E-state index contributed by atoms with van der Waals surface area (Å²) in [6.07, 6.45) is 1.90. The molecule has 0 radical (unpaired) electrons. The van der Waals surface area contributed by atoms with Crippen LogP contribution in [0.25, 0.3) is 0 Å². The fourth-order valence-electron chi connectivity index (χ4n) is 2.29. The number of nitrogens with zero attached hydrogens (tertiary/aromatic N) is 1. The number of nitrogens with two attached hydrogens (primary N) is 1. The third-order valence-corrected chi connectivity index (χ3v) is 3.33. The molecule has 118 valence electrons. The molecule has 1 heterocycles. The summed E-state index contributed by atoms with van der Waals surface area (Å²) in [4.78, 5) is 25.0. The zero-order chi connectivity index (χ0) is 14.3. The highest BCUT2D eigenvalue weighted by molar-refractivity contribution is 5.95. The third-order valence-electron chi connectivity index (χ3n) is 3.33. The predicted octanol–water partition coefficient (Wildman–Crippen LogP) is -0.308. The maximum absolute atomic E-state index is 11.7. The molecule has 4 N–H and O–H groups in total. The number of ether oxygens (including phenoxy) is 1. The normalized spacial score (nSPS) is 22.8. The molecule has 0 saturated carbocycles. The molecular formula is C12H25ClN4O3. The first-order valence-corrected chi connectivity index (χ1v) is 6.65. The zero-order valence-electron chi connectivity index (χ0n) is 12.1. The fourth-order valence-corrected chi connectivity index (χ4v) is 2.29. The number of amides is 3. The number of methoxy groups -OCH3 is 1. The lowest BCUT2D eigenvalue weighted by molar-refractivity contribution is -0.122. The highest BCUT2D eigenvalue weighted by Gasteiger charge is 2.28. The Morgan fingerprint density at radius 1 is 1.45 bits per heavy atom. The Bertz CT molecular complexity index is 317. The number of halogens is 1. The van der Waals surface area contributed by atoms with Crippen LogP contribution in [-0.4, -0.2) is 62.3 Å². The third kappa shape index (κ3) is 6.04. The molecule has 0 aromatic heterocycles. The number of carbonyl (C=O) groups is 2. The van der Waals surface area contributed by atoms with E-state index < -0.39 is 6.03 Å². The van der Waals surface area contributed by atoms with Crippen molar-refractivity contribution in [2.75, 3.05) is 33.3 Å². The summed E-state index contributed by atoms with van der Waals surface area (Å²) >= 11 is 0. The van der Waals surface area contributed by atoms with Crippen molar-refractivity contribution in [3.05, 3.63) is 0 Å². The molecule has 1 rings (SSSR count). The molecule has 0 aliphatic carbocycles. The van der Waals surface area contributed by atoms with Crippen LogP contribution in [0.5, 0.6) is 0 Å². The average Bonchev–Trinajstić information content (AvgIpc) is 2.39. The Hall–Kier alpha value is -0.890. The second-order valence-electron chi connectivity index (χ2n) is 4.65. The molecule has 0 bridgehead atoms. The number of rotatable bonds is 5. The van der Waals surface area contributed by atoms with Crippen molar-refractivity contribution in [3.63, 3.8) is 0 Å². The van der Waals surface area contributed by atoms with Crippen molar-refractivity contribution in [2.24, 2.45) is 5.73 Å². The Morgan fingerprint density at radius 2 is 2.15 bits per heavy atom. The Morgan fingerprint density at radius 3 is 2.70 bits per heavy atom. The lowest BCUT2D eigenvalue weighted by Crippen LogP contribution is -2.53. The van der Waals surface area contributed by atoms with E-state index in [0.29, 0.717) is 13.1 Å². The van der Waals surface area contributed by atoms with E-state index >= 15 is 0 Å². The second-order valence-corrected chi connectivity index (χ2v) is 4.65. The van der Waals surface area contributed by atoms with Crippen molar-refractivity contribution < 1.29 is 14.3 Å². The molecule has 2 unspecified atom stereocenters. The first kappa shape index (κ1) is 19.1. The largest absolute Gasteiger partial charge is 0.381 e. The number of likely N-dealkylation sites (tertiary alicyclic amines) is 1. The Balaban J connectivity index is 0.00000361. The van der Waals surface area contributed by atoms with Crippen molar-refractivity contribution >= 4 is 24.3 Å². The van der Waals surface area contributed by atoms with Gasteiger partial charge in [0.1, 0.15) is 0 Å². The van der Waals surface area contributed by atoms with Crippen LogP contribution >= 0.6 is 12.4 Å². The van der Waals surface area contributed by atoms with Crippen LogP contribution in [-0.2, 0) is 9.53 Å². The maximum Gasteiger partial charge on any atom is 0.321 e. The summed E-state index contributed by atoms with van der Waals surface area (Å²) in [6, 6.07) is -0.331. The van der Waals surface area contributed by atoms with Crippen molar-refractivity contribution in [1.29, 1.82) is 0 Å². The lowest BCUT2D eigenvalue weighted by atomic mass is 9.99. The van der Waals surface area contributed by atoms with Gasteiger partial charge in [0.2, 0.25) is 5.91 Å². The molecule has 20 heavy (non-hydrogen) atoms. The van der Waals surface area contributed by atoms with E-state index in [0.717, 1.165) is 19.4 Å². The van der Waals surface area contributed by atoms with Crippen LogP contribution in [0.15, 0.2) is 0 Å². The monoisotopic (exact) mass is 308 g/mol. The topological polar surface area (TPSA) is 96.7 Å². The number of nitrogens with one attached hydrogen (secondary N) is 2. The van der Waals surface area contributed by atoms with E-state index in [2.05, 4.69) is 10.6 Å². The molecule has 0 spiro atoms. The van der Waals surface area contributed by atoms with E-state index in [1.165, 1.54) is 0 Å². The minimum Gasteiger partial charge on any atom is -0.381 e. The summed E-state index contributed by atoms with van der Waals surface area (Å²) in [6.45, 7) is 3.71. The van der Waals surface area contributed by atoms with Crippen LogP contribution < -0.4 is 16.4 Å². The number of urea groups is 1. The molecule has 1 saturated heterocycles. The number of hydrogen-bond acceptors (Lipinski definition) is 5. The van der Waals surface area contributed by atoms with E-state index in [9.17, 15) is 9.59 Å². The fraction of sp³-hybridized carbons (Fsp3) is 0.833. The summed E-state index contributed by atoms with van der Waals surface area (Å²) in [5.74, 6) is -0.305. The summed E-state index contributed by atoms with van der Waals surface area (Å²) < 4.78 is 5.33. The molecule has 3 amide bonds. The van der Waals surface area contributed by atoms with Crippen LogP contribution in [0.2, 0.25) is 0 Å². The molecular weight excluding hydrogens is 284 g/mol. The highest BCUT2D eigenvalue weighted by atomic mass is 35.5. The van der Waals surface area contributed by atoms with Gasteiger partial charge in [-0.05, 0) is 19.8 Å². The van der Waals surface area contributed by atoms with E-state index in [1.807, 2.05) is 4.90 Å². The minimum atomic E-state index is -0.455. The molecule has 7 nitrogen and oxygen atoms in total. The molecule has 2 atom stereocenters. The highest BCUT2D eigenvalue weighted by Crippen LogP contribution is 2.18. The first-order chi connectivity index (χ1) is 9.10. The SMILES string of the molecule is CCNC(=O)NC(=O)CN1CCC(OC)CC1CN.Cl. The molecule has 8 heteroatoms. The Labute approximate surface area is 126 Å². The summed E-state index contributed by atoms with van der Waals surface area (Å²) in [7, 11) is 1.69. The van der Waals surface area contributed by atoms with Gasteiger partial charge in [-0.3, -0.25) is 15.0 Å². The predicted molar refractivity (Wildman–Crippen MR) is 78.9 cm³/mol. The van der Waals surface area contributed by atoms with Crippen molar-refractivity contribution in [2.45, 2.75) is 31.9 Å². The number of imide groups is 1. The molecule has 1 aliphatic heterocycles. The van der Waals surface area contributed by atoms with Crippen molar-refractivity contribution in [1.82, 2.24) is 15.5 Å². The summed E-state index contributed by atoms with van der Waals surface area (Å²) in [5.41, 5.74) is 5.73. The maximum atomic E-state index is 11.7. The number of piperidine rings is 1. The van der Waals surface area contributed by atoms with Crippen LogP contribution in [0.4, 0.5) is 4.79 Å². The van der Waals surface area contributed by atoms with Crippen molar-refractivity contribution in [3.8, 4) is 0 Å². The van der Waals surface area contributed by atoms with Gasteiger partial charge in [0.05, 0.1) is 12.6 Å². The van der Waals surface area contributed by atoms with Gasteiger partial charge < -0.3 is 15.8 Å². The second kappa shape index (κ2) is 9.93. The van der Waals surface area contributed by atoms with Gasteiger partial charge in [0.25, 0.3) is 0 Å². The van der Waals surface area contributed by atoms with Gasteiger partial charge in [-0.15, -0.1) is 12.4 Å². The molecule has 0 aromatic carbocycles. The number of carbonyl (C=O) groups excluding carboxylic acids is 2. The average molecular weight is 309 g/mol. The van der Waals surface area contributed by atoms with Gasteiger partial charge >= 0.3 is 6.03 Å². The van der Waals surface area contributed by atoms with Crippen LogP contribution in [0.3, 0.4) is 0 Å². The van der Waals surface area contributed by atoms with E-state index in [1.54, 1.807) is 14.0 Å². The first-order valence-electron chi connectivity index (χ1n) is 6.65. The zero-order valence-corrected chi connectivity index (χ0v) is 12.9.